The third kappa shape index (κ3) is 2.38. The van der Waals surface area contributed by atoms with Gasteiger partial charge >= 0.3 is 0 Å². The molecule has 1 saturated carbocycles. The molecule has 0 N–H and O–H groups in total. The van der Waals surface area contributed by atoms with Gasteiger partial charge in [0.1, 0.15) is 6.61 Å². The van der Waals surface area contributed by atoms with Gasteiger partial charge in [0.2, 0.25) is 0 Å². The molecule has 1 aliphatic rings. The SMILES string of the molecule is CCON=C1C[CH]CCC1. The molecule has 0 saturated heterocycles. The fourth-order valence-corrected chi connectivity index (χ4v) is 1.06. The van der Waals surface area contributed by atoms with Gasteiger partial charge in [-0.1, -0.05) is 5.16 Å². The van der Waals surface area contributed by atoms with Crippen molar-refractivity contribution >= 4 is 5.71 Å². The van der Waals surface area contributed by atoms with E-state index < -0.39 is 0 Å². The second kappa shape index (κ2) is 4.31. The first-order valence-corrected chi connectivity index (χ1v) is 3.93. The molecule has 0 amide bonds. The summed E-state index contributed by atoms with van der Waals surface area (Å²) in [4.78, 5) is 4.94. The van der Waals surface area contributed by atoms with Gasteiger partial charge in [-0.2, -0.15) is 0 Å². The summed E-state index contributed by atoms with van der Waals surface area (Å²) in [6.07, 6.45) is 6.90. The van der Waals surface area contributed by atoms with Crippen LogP contribution in [0.5, 0.6) is 0 Å². The highest BCUT2D eigenvalue weighted by atomic mass is 16.6. The molecule has 0 heterocycles. The summed E-state index contributed by atoms with van der Waals surface area (Å²) < 4.78 is 0. The predicted octanol–water partition coefficient (Wildman–Crippen LogP) is 2.16. The molecule has 0 aliphatic heterocycles. The molecule has 1 rings (SSSR count). The Bertz CT molecular complexity index is 112. The molecule has 2 heteroatoms. The normalized spacial score (nSPS) is 23.1. The van der Waals surface area contributed by atoms with E-state index in [2.05, 4.69) is 11.6 Å². The van der Waals surface area contributed by atoms with Crippen LogP contribution in [0.2, 0.25) is 0 Å². The van der Waals surface area contributed by atoms with Crippen LogP contribution in [0.3, 0.4) is 0 Å². The van der Waals surface area contributed by atoms with E-state index in [0.29, 0.717) is 6.61 Å². The Morgan fingerprint density at radius 2 is 2.60 bits per heavy atom. The average Bonchev–Trinajstić information content (AvgIpc) is 2.03. The Morgan fingerprint density at radius 1 is 1.70 bits per heavy atom. The monoisotopic (exact) mass is 140 g/mol. The van der Waals surface area contributed by atoms with Crippen molar-refractivity contribution in [2.45, 2.75) is 32.6 Å². The zero-order chi connectivity index (χ0) is 7.23. The third-order valence-electron chi connectivity index (χ3n) is 1.58. The van der Waals surface area contributed by atoms with Crippen molar-refractivity contribution < 1.29 is 4.84 Å². The number of hydrogen-bond acceptors (Lipinski definition) is 2. The van der Waals surface area contributed by atoms with E-state index in [1.807, 2.05) is 6.92 Å². The van der Waals surface area contributed by atoms with E-state index in [9.17, 15) is 0 Å². The minimum atomic E-state index is 0.684. The van der Waals surface area contributed by atoms with E-state index in [0.717, 1.165) is 12.8 Å². The van der Waals surface area contributed by atoms with E-state index in [1.165, 1.54) is 18.6 Å². The number of rotatable bonds is 2. The van der Waals surface area contributed by atoms with Gasteiger partial charge in [-0.15, -0.1) is 0 Å². The summed E-state index contributed by atoms with van der Waals surface area (Å²) in [5, 5.41) is 3.99. The van der Waals surface area contributed by atoms with Crippen LogP contribution in [0.1, 0.15) is 32.6 Å². The molecule has 0 atom stereocenters. The van der Waals surface area contributed by atoms with Crippen LogP contribution >= 0.6 is 0 Å². The Kier molecular flexibility index (Phi) is 3.27. The van der Waals surface area contributed by atoms with Crippen molar-refractivity contribution in [2.75, 3.05) is 6.61 Å². The lowest BCUT2D eigenvalue weighted by Gasteiger charge is -2.10. The maximum atomic E-state index is 4.94. The van der Waals surface area contributed by atoms with Crippen LogP contribution in [0.4, 0.5) is 0 Å². The first-order chi connectivity index (χ1) is 4.93. The molecule has 1 fully saturated rings. The van der Waals surface area contributed by atoms with Gasteiger partial charge in [-0.25, -0.2) is 0 Å². The zero-order valence-electron chi connectivity index (χ0n) is 6.47. The van der Waals surface area contributed by atoms with Crippen molar-refractivity contribution in [3.05, 3.63) is 6.42 Å². The van der Waals surface area contributed by atoms with Gasteiger partial charge in [0.15, 0.2) is 0 Å². The van der Waals surface area contributed by atoms with Crippen LogP contribution in [0, 0.1) is 6.42 Å². The van der Waals surface area contributed by atoms with E-state index in [4.69, 9.17) is 4.84 Å². The topological polar surface area (TPSA) is 21.6 Å². The molecule has 0 aromatic rings. The molecule has 0 aromatic heterocycles. The second-order valence-electron chi connectivity index (χ2n) is 2.46. The standard InChI is InChI=1S/C8H14NO/c1-2-10-9-8-6-4-3-5-7-8/h4H,2-3,5-7H2,1H3. The summed E-state index contributed by atoms with van der Waals surface area (Å²) >= 11 is 0. The smallest absolute Gasteiger partial charge is 0.114 e. The van der Waals surface area contributed by atoms with Gasteiger partial charge in [0.05, 0.1) is 5.71 Å². The lowest BCUT2D eigenvalue weighted by atomic mass is 9.99. The highest BCUT2D eigenvalue weighted by Gasteiger charge is 2.06. The summed E-state index contributed by atoms with van der Waals surface area (Å²) in [7, 11) is 0. The zero-order valence-corrected chi connectivity index (χ0v) is 6.47. The molecule has 0 bridgehead atoms. The highest BCUT2D eigenvalue weighted by Crippen LogP contribution is 2.13. The summed E-state index contributed by atoms with van der Waals surface area (Å²) in [6, 6.07) is 0. The van der Waals surface area contributed by atoms with Gasteiger partial charge in [0, 0.05) is 0 Å². The Balaban J connectivity index is 2.23. The van der Waals surface area contributed by atoms with Gasteiger partial charge in [-0.05, 0) is 39.0 Å². The Labute approximate surface area is 62.3 Å². The van der Waals surface area contributed by atoms with E-state index in [1.54, 1.807) is 0 Å². The summed E-state index contributed by atoms with van der Waals surface area (Å²) in [5.41, 5.74) is 1.20. The van der Waals surface area contributed by atoms with E-state index >= 15 is 0 Å². The molecule has 57 valence electrons. The fourth-order valence-electron chi connectivity index (χ4n) is 1.06. The molecule has 0 spiro atoms. The number of hydrogen-bond donors (Lipinski definition) is 0. The van der Waals surface area contributed by atoms with Gasteiger partial charge in [0.25, 0.3) is 0 Å². The van der Waals surface area contributed by atoms with Crippen LogP contribution in [0.15, 0.2) is 5.16 Å². The van der Waals surface area contributed by atoms with Crippen LogP contribution < -0.4 is 0 Å². The quantitative estimate of drug-likeness (QED) is 0.538. The van der Waals surface area contributed by atoms with Crippen molar-refractivity contribution in [1.82, 2.24) is 0 Å². The number of nitrogens with zero attached hydrogens (tertiary/aromatic N) is 1. The summed E-state index contributed by atoms with van der Waals surface area (Å²) in [5.74, 6) is 0. The van der Waals surface area contributed by atoms with E-state index in [-0.39, 0.29) is 0 Å². The second-order valence-corrected chi connectivity index (χ2v) is 2.46. The Hall–Kier alpha value is -0.530. The van der Waals surface area contributed by atoms with Crippen LogP contribution in [-0.4, -0.2) is 12.3 Å². The Morgan fingerprint density at radius 3 is 3.20 bits per heavy atom. The molecule has 0 aromatic carbocycles. The minimum Gasteiger partial charge on any atom is -0.396 e. The third-order valence-corrected chi connectivity index (χ3v) is 1.58. The van der Waals surface area contributed by atoms with Crippen molar-refractivity contribution in [3.8, 4) is 0 Å². The first kappa shape index (κ1) is 7.58. The van der Waals surface area contributed by atoms with Crippen molar-refractivity contribution in [3.63, 3.8) is 0 Å². The molecule has 10 heavy (non-hydrogen) atoms. The van der Waals surface area contributed by atoms with Crippen LogP contribution in [0.25, 0.3) is 0 Å². The van der Waals surface area contributed by atoms with Crippen molar-refractivity contribution in [2.24, 2.45) is 5.16 Å². The minimum absolute atomic E-state index is 0.684. The average molecular weight is 140 g/mol. The lowest BCUT2D eigenvalue weighted by molar-refractivity contribution is 0.157. The van der Waals surface area contributed by atoms with Crippen LogP contribution in [-0.2, 0) is 4.84 Å². The molecular formula is C8H14NO. The maximum Gasteiger partial charge on any atom is 0.114 e. The molecule has 0 unspecified atom stereocenters. The largest absolute Gasteiger partial charge is 0.396 e. The molecule has 1 radical (unpaired) electrons. The molecular weight excluding hydrogens is 126 g/mol. The van der Waals surface area contributed by atoms with Gasteiger partial charge < -0.3 is 4.84 Å². The lowest BCUT2D eigenvalue weighted by Crippen LogP contribution is -2.05. The predicted molar refractivity (Wildman–Crippen MR) is 41.8 cm³/mol. The van der Waals surface area contributed by atoms with Gasteiger partial charge in [-0.3, -0.25) is 0 Å². The summed E-state index contributed by atoms with van der Waals surface area (Å²) in [6.45, 7) is 2.64. The first-order valence-electron chi connectivity index (χ1n) is 3.93. The number of oxime groups is 1. The van der Waals surface area contributed by atoms with Crippen molar-refractivity contribution in [1.29, 1.82) is 0 Å². The molecule has 2 nitrogen and oxygen atoms in total. The maximum absolute atomic E-state index is 4.94. The molecule has 1 aliphatic carbocycles. The fraction of sp³-hybridized carbons (Fsp3) is 0.750. The highest BCUT2D eigenvalue weighted by molar-refractivity contribution is 5.85.